The summed E-state index contributed by atoms with van der Waals surface area (Å²) in [4.78, 5) is 8.00. The highest BCUT2D eigenvalue weighted by molar-refractivity contribution is 5.10. The molecule has 0 radical (unpaired) electrons. The summed E-state index contributed by atoms with van der Waals surface area (Å²) in [6.07, 6.45) is 0. The second-order valence-electron chi connectivity index (χ2n) is 0.149. The molecule has 0 aromatic carbocycles. The standard InChI is InChI=1S/CH2O.H2O4/c1-2;1-3-4-2/h1H2;1-2H. The van der Waals surface area contributed by atoms with Gasteiger partial charge in [0.05, 0.1) is 0 Å². The van der Waals surface area contributed by atoms with Crippen molar-refractivity contribution in [3.63, 3.8) is 0 Å². The third kappa shape index (κ3) is 85.0. The molecule has 0 amide bonds. The first-order valence-corrected chi connectivity index (χ1v) is 0.820. The summed E-state index contributed by atoms with van der Waals surface area (Å²) in [5.41, 5.74) is 0. The van der Waals surface area contributed by atoms with Gasteiger partial charge in [-0.25, -0.2) is 10.5 Å². The smallest absolute Gasteiger partial charge is 0.106 e. The zero-order valence-electron chi connectivity index (χ0n) is 2.83. The molecule has 0 spiro atoms. The molecule has 5 heteroatoms. The van der Waals surface area contributed by atoms with Crippen molar-refractivity contribution < 1.29 is 25.4 Å². The molecule has 0 aliphatic rings. The number of rotatable bonds is 1. The van der Waals surface area contributed by atoms with Crippen molar-refractivity contribution in [2.45, 2.75) is 0 Å². The van der Waals surface area contributed by atoms with Crippen LogP contribution in [0.2, 0.25) is 0 Å². The summed E-state index contributed by atoms with van der Waals surface area (Å²) in [5, 5.41) is 19.0. The molecule has 0 fully saturated rings. The van der Waals surface area contributed by atoms with Crippen molar-refractivity contribution in [3.8, 4) is 0 Å². The van der Waals surface area contributed by atoms with E-state index in [0.717, 1.165) is 0 Å². The molecule has 0 heterocycles. The van der Waals surface area contributed by atoms with Crippen LogP contribution in [0.4, 0.5) is 0 Å². The van der Waals surface area contributed by atoms with E-state index >= 15 is 0 Å². The summed E-state index contributed by atoms with van der Waals surface area (Å²) < 4.78 is 0. The van der Waals surface area contributed by atoms with Gasteiger partial charge in [-0.1, -0.05) is 0 Å². The van der Waals surface area contributed by atoms with Crippen LogP contribution in [0.1, 0.15) is 0 Å². The van der Waals surface area contributed by atoms with Crippen LogP contribution in [0.3, 0.4) is 0 Å². The summed E-state index contributed by atoms with van der Waals surface area (Å²) in [5.74, 6) is 0. The fourth-order valence-corrected chi connectivity index (χ4v) is 0. The first kappa shape index (κ1) is 9.10. The van der Waals surface area contributed by atoms with E-state index in [4.69, 9.17) is 15.3 Å². The number of hydrogen-bond acceptors (Lipinski definition) is 5. The summed E-state index contributed by atoms with van der Waals surface area (Å²) >= 11 is 0. The van der Waals surface area contributed by atoms with Crippen LogP contribution >= 0.6 is 0 Å². The Morgan fingerprint density at radius 1 is 1.17 bits per heavy atom. The van der Waals surface area contributed by atoms with Crippen LogP contribution in [0.15, 0.2) is 0 Å². The van der Waals surface area contributed by atoms with Gasteiger partial charge in [0.15, 0.2) is 0 Å². The minimum Gasteiger partial charge on any atom is -0.307 e. The van der Waals surface area contributed by atoms with Crippen molar-refractivity contribution >= 4 is 6.79 Å². The van der Waals surface area contributed by atoms with E-state index in [2.05, 4.69) is 10.1 Å². The maximum atomic E-state index is 8.00. The summed E-state index contributed by atoms with van der Waals surface area (Å²) in [6.45, 7) is 2.00. The highest BCUT2D eigenvalue weighted by Gasteiger charge is 1.53. The van der Waals surface area contributed by atoms with Gasteiger partial charge < -0.3 is 4.79 Å². The van der Waals surface area contributed by atoms with E-state index in [1.165, 1.54) is 0 Å². The number of carbonyl (C=O) groups excluding carboxylic acids is 1. The van der Waals surface area contributed by atoms with E-state index in [1.54, 1.807) is 0 Å². The number of carbonyl (C=O) groups is 1. The number of hydrogen-bond donors (Lipinski definition) is 2. The lowest BCUT2D eigenvalue weighted by molar-refractivity contribution is -0.611. The first-order chi connectivity index (χ1) is 2.91. The van der Waals surface area contributed by atoms with E-state index in [0.29, 0.717) is 0 Å². The average Bonchev–Trinajstić information content (AvgIpc) is 1.72. The second kappa shape index (κ2) is 24.4. The molecule has 6 heavy (non-hydrogen) atoms. The fraction of sp³-hybridized carbons (Fsp3) is 0. The molecule has 0 atom stereocenters. The normalized spacial score (nSPS) is 5.67. The lowest BCUT2D eigenvalue weighted by Gasteiger charge is -1.71. The molecule has 0 aromatic heterocycles. The highest BCUT2D eigenvalue weighted by Crippen LogP contribution is 1.49. The van der Waals surface area contributed by atoms with Gasteiger partial charge in [0, 0.05) is 0 Å². The van der Waals surface area contributed by atoms with Gasteiger partial charge in [-0.05, 0) is 10.1 Å². The zero-order chi connectivity index (χ0) is 5.41. The fourth-order valence-electron chi connectivity index (χ4n) is 0. The van der Waals surface area contributed by atoms with Crippen LogP contribution in [0.5, 0.6) is 0 Å². The van der Waals surface area contributed by atoms with Crippen LogP contribution in [-0.4, -0.2) is 17.3 Å². The Bertz CT molecular complexity index is 11.4. The molecule has 2 N–H and O–H groups in total. The van der Waals surface area contributed by atoms with Crippen molar-refractivity contribution in [1.29, 1.82) is 0 Å². The van der Waals surface area contributed by atoms with Crippen LogP contribution in [0, 0.1) is 0 Å². The van der Waals surface area contributed by atoms with Gasteiger partial charge in [-0.15, -0.1) is 0 Å². The van der Waals surface area contributed by atoms with Gasteiger partial charge in [0.2, 0.25) is 0 Å². The lowest BCUT2D eigenvalue weighted by Crippen LogP contribution is -1.75. The van der Waals surface area contributed by atoms with E-state index in [1.807, 2.05) is 6.79 Å². The molecule has 0 bridgehead atoms. The van der Waals surface area contributed by atoms with Gasteiger partial charge in [-0.3, -0.25) is 0 Å². The molecular weight excluding hydrogens is 92.0 g/mol. The van der Waals surface area contributed by atoms with Gasteiger partial charge in [0.25, 0.3) is 0 Å². The minimum atomic E-state index is 2.00. The highest BCUT2D eigenvalue weighted by atomic mass is 17.6. The van der Waals surface area contributed by atoms with Crippen LogP contribution in [0.25, 0.3) is 0 Å². The summed E-state index contributed by atoms with van der Waals surface area (Å²) in [7, 11) is 0. The third-order valence-electron chi connectivity index (χ3n) is 0.0333. The maximum Gasteiger partial charge on any atom is 0.106 e. The summed E-state index contributed by atoms with van der Waals surface area (Å²) in [6, 6.07) is 0. The van der Waals surface area contributed by atoms with Crippen molar-refractivity contribution in [2.24, 2.45) is 0 Å². The zero-order valence-corrected chi connectivity index (χ0v) is 2.83. The predicted octanol–water partition coefficient (Wildman–Crippen LogP) is -0.304. The molecule has 0 aliphatic heterocycles. The second-order valence-corrected chi connectivity index (χ2v) is 0.149. The Hall–Kier alpha value is -0.490. The first-order valence-electron chi connectivity index (χ1n) is 0.820. The molecule has 5 nitrogen and oxygen atoms in total. The van der Waals surface area contributed by atoms with Crippen molar-refractivity contribution in [1.82, 2.24) is 0 Å². The molecule has 0 unspecified atom stereocenters. The van der Waals surface area contributed by atoms with E-state index in [9.17, 15) is 0 Å². The third-order valence-corrected chi connectivity index (χ3v) is 0.0333. The van der Waals surface area contributed by atoms with Gasteiger partial charge in [0.1, 0.15) is 6.79 Å². The van der Waals surface area contributed by atoms with Gasteiger partial charge >= 0.3 is 0 Å². The van der Waals surface area contributed by atoms with E-state index < -0.39 is 0 Å². The molecule has 0 rings (SSSR count). The van der Waals surface area contributed by atoms with Crippen LogP contribution in [-0.2, 0) is 14.9 Å². The van der Waals surface area contributed by atoms with E-state index in [-0.39, 0.29) is 0 Å². The molecule has 0 saturated carbocycles. The Balaban J connectivity index is 0. The molecule has 38 valence electrons. The Kier molecular flexibility index (Phi) is 36.9. The monoisotopic (exact) mass is 96.0 g/mol. The quantitative estimate of drug-likeness (QED) is 0.346. The predicted molar refractivity (Wildman–Crippen MR) is 14.5 cm³/mol. The topological polar surface area (TPSA) is 76.0 Å². The Morgan fingerprint density at radius 3 is 1.33 bits per heavy atom. The average molecular weight is 96.0 g/mol. The largest absolute Gasteiger partial charge is 0.307 e. The molecule has 0 saturated heterocycles. The molecule has 0 aromatic rings. The van der Waals surface area contributed by atoms with Crippen molar-refractivity contribution in [3.05, 3.63) is 0 Å². The Morgan fingerprint density at radius 2 is 1.33 bits per heavy atom. The molecular formula is CH4O5. The maximum absolute atomic E-state index is 8.00. The molecule has 0 aliphatic carbocycles. The Labute approximate surface area is 33.5 Å². The lowest BCUT2D eigenvalue weighted by atomic mass is 11.9. The van der Waals surface area contributed by atoms with Crippen molar-refractivity contribution in [2.75, 3.05) is 0 Å². The SMILES string of the molecule is C=O.OOOO. The van der Waals surface area contributed by atoms with Gasteiger partial charge in [-0.2, -0.15) is 0 Å². The minimum absolute atomic E-state index is 2.00. The van der Waals surface area contributed by atoms with Crippen LogP contribution < -0.4 is 0 Å².